The Bertz CT molecular complexity index is 677. The zero-order valence-electron chi connectivity index (χ0n) is 15.9. The standard InChI is InChI=1S/C18H28N3O2Si/c1-11(2)18(6)16(22)20-15(21-18)14-13(23-24(7)8)9-12(10-19-14)17(3,4)5/h9-11H,1-8H3,(H,20,21,22). The van der Waals surface area contributed by atoms with Crippen LogP contribution >= 0.6 is 0 Å². The summed E-state index contributed by atoms with van der Waals surface area (Å²) in [5.41, 5.74) is 0.932. The number of aromatic nitrogens is 1. The number of carbonyl (C=O) groups excluding carboxylic acids is 1. The lowest BCUT2D eigenvalue weighted by atomic mass is 9.88. The molecule has 6 heteroatoms. The van der Waals surface area contributed by atoms with E-state index in [4.69, 9.17) is 4.43 Å². The molecule has 1 aliphatic rings. The third-order valence-corrected chi connectivity index (χ3v) is 5.05. The molecule has 1 radical (unpaired) electrons. The highest BCUT2D eigenvalue weighted by atomic mass is 28.3. The number of amides is 1. The molecule has 1 unspecified atom stereocenters. The molecule has 1 amide bonds. The van der Waals surface area contributed by atoms with E-state index < -0.39 is 14.6 Å². The average Bonchev–Trinajstić information content (AvgIpc) is 2.74. The molecule has 2 rings (SSSR count). The number of nitrogens with zero attached hydrogens (tertiary/aromatic N) is 2. The van der Waals surface area contributed by atoms with Crippen LogP contribution in [0.15, 0.2) is 17.3 Å². The molecule has 0 aromatic carbocycles. The number of aliphatic imine (C=N–C) groups is 1. The van der Waals surface area contributed by atoms with E-state index in [2.05, 4.69) is 49.2 Å². The van der Waals surface area contributed by atoms with E-state index in [-0.39, 0.29) is 17.2 Å². The zero-order chi connectivity index (χ0) is 18.3. The highest BCUT2D eigenvalue weighted by molar-refractivity contribution is 6.49. The number of hydrogen-bond acceptors (Lipinski definition) is 4. The van der Waals surface area contributed by atoms with Gasteiger partial charge >= 0.3 is 0 Å². The number of pyridine rings is 1. The second-order valence-corrected chi connectivity index (χ2v) is 10.1. The maximum Gasteiger partial charge on any atom is 0.274 e. The summed E-state index contributed by atoms with van der Waals surface area (Å²) < 4.78 is 6.06. The van der Waals surface area contributed by atoms with Crippen LogP contribution in [0, 0.1) is 5.92 Å². The van der Waals surface area contributed by atoms with Gasteiger partial charge in [0.1, 0.15) is 17.0 Å². The summed E-state index contributed by atoms with van der Waals surface area (Å²) in [6.07, 6.45) is 1.85. The number of hydrogen-bond donors (Lipinski definition) is 1. The van der Waals surface area contributed by atoms with E-state index in [0.717, 1.165) is 5.56 Å². The summed E-state index contributed by atoms with van der Waals surface area (Å²) in [6.45, 7) is 16.4. The summed E-state index contributed by atoms with van der Waals surface area (Å²) in [4.78, 5) is 21.6. The normalized spacial score (nSPS) is 21.2. The van der Waals surface area contributed by atoms with Crippen molar-refractivity contribution in [2.75, 3.05) is 0 Å². The lowest BCUT2D eigenvalue weighted by Gasteiger charge is -2.22. The van der Waals surface area contributed by atoms with Crippen molar-refractivity contribution < 1.29 is 9.22 Å². The van der Waals surface area contributed by atoms with Gasteiger partial charge in [-0.2, -0.15) is 0 Å². The van der Waals surface area contributed by atoms with Gasteiger partial charge in [0.25, 0.3) is 14.9 Å². The SMILES string of the molecule is CC(C)C1(C)N=C(c2ncc(C(C)(C)C)cc2O[Si](C)C)NC1=O. The molecule has 0 saturated heterocycles. The Morgan fingerprint density at radius 2 is 1.92 bits per heavy atom. The second-order valence-electron chi connectivity index (χ2n) is 8.05. The van der Waals surface area contributed by atoms with Gasteiger partial charge in [0.2, 0.25) is 0 Å². The highest BCUT2D eigenvalue weighted by Crippen LogP contribution is 2.31. The van der Waals surface area contributed by atoms with Crippen LogP contribution in [0.4, 0.5) is 0 Å². The summed E-state index contributed by atoms with van der Waals surface area (Å²) in [5, 5.41) is 2.89. The maximum atomic E-state index is 12.4. The van der Waals surface area contributed by atoms with E-state index in [1.54, 1.807) is 0 Å². The van der Waals surface area contributed by atoms with Gasteiger partial charge in [0.05, 0.1) is 0 Å². The van der Waals surface area contributed by atoms with Crippen molar-refractivity contribution in [2.24, 2.45) is 10.9 Å². The monoisotopic (exact) mass is 346 g/mol. The van der Waals surface area contributed by atoms with E-state index >= 15 is 0 Å². The fraction of sp³-hybridized carbons (Fsp3) is 0.611. The molecule has 2 heterocycles. The quantitative estimate of drug-likeness (QED) is 0.851. The Morgan fingerprint density at radius 1 is 1.29 bits per heavy atom. The first-order valence-corrected chi connectivity index (χ1v) is 10.8. The first-order chi connectivity index (χ1) is 10.9. The molecular weight excluding hydrogens is 318 g/mol. The smallest absolute Gasteiger partial charge is 0.274 e. The van der Waals surface area contributed by atoms with Crippen LogP contribution in [0.25, 0.3) is 0 Å². The molecule has 0 bridgehead atoms. The number of nitrogens with one attached hydrogen (secondary N) is 1. The van der Waals surface area contributed by atoms with Gasteiger partial charge in [-0.05, 0) is 43.0 Å². The number of rotatable bonds is 4. The van der Waals surface area contributed by atoms with E-state index in [1.165, 1.54) is 0 Å². The predicted molar refractivity (Wildman–Crippen MR) is 99.0 cm³/mol. The fourth-order valence-electron chi connectivity index (χ4n) is 2.38. The van der Waals surface area contributed by atoms with Crippen molar-refractivity contribution in [2.45, 2.75) is 65.6 Å². The Hall–Kier alpha value is -1.69. The predicted octanol–water partition coefficient (Wildman–Crippen LogP) is 3.30. The molecule has 5 nitrogen and oxygen atoms in total. The van der Waals surface area contributed by atoms with Crippen molar-refractivity contribution in [1.82, 2.24) is 10.3 Å². The summed E-state index contributed by atoms with van der Waals surface area (Å²) in [6, 6.07) is 2.03. The molecule has 0 aliphatic carbocycles. The Kier molecular flexibility index (Phi) is 4.90. The fourth-order valence-corrected chi connectivity index (χ4v) is 2.97. The lowest BCUT2D eigenvalue weighted by Crippen LogP contribution is -2.41. The van der Waals surface area contributed by atoms with Crippen molar-refractivity contribution in [3.05, 3.63) is 23.5 Å². The lowest BCUT2D eigenvalue weighted by molar-refractivity contribution is -0.124. The van der Waals surface area contributed by atoms with E-state index in [9.17, 15) is 4.79 Å². The minimum Gasteiger partial charge on any atom is -0.541 e. The van der Waals surface area contributed by atoms with Crippen LogP contribution < -0.4 is 9.74 Å². The van der Waals surface area contributed by atoms with Crippen LogP contribution in [0.5, 0.6) is 5.75 Å². The average molecular weight is 347 g/mol. The van der Waals surface area contributed by atoms with Crippen molar-refractivity contribution in [3.8, 4) is 5.75 Å². The third-order valence-electron chi connectivity index (χ3n) is 4.42. The van der Waals surface area contributed by atoms with Crippen molar-refractivity contribution in [1.29, 1.82) is 0 Å². The van der Waals surface area contributed by atoms with Crippen molar-refractivity contribution in [3.63, 3.8) is 0 Å². The molecule has 131 valence electrons. The van der Waals surface area contributed by atoms with Gasteiger partial charge in [-0.15, -0.1) is 0 Å². The third kappa shape index (κ3) is 3.53. The van der Waals surface area contributed by atoms with E-state index in [1.807, 2.05) is 33.0 Å². The zero-order valence-corrected chi connectivity index (χ0v) is 16.9. The van der Waals surface area contributed by atoms with Gasteiger partial charge in [-0.1, -0.05) is 34.6 Å². The second kappa shape index (κ2) is 6.31. The Labute approximate surface area is 146 Å². The first-order valence-electron chi connectivity index (χ1n) is 8.35. The molecule has 0 saturated carbocycles. The van der Waals surface area contributed by atoms with E-state index in [0.29, 0.717) is 17.3 Å². The molecule has 1 atom stereocenters. The number of amidine groups is 1. The maximum absolute atomic E-state index is 12.4. The van der Waals surface area contributed by atoms with Crippen LogP contribution in [-0.4, -0.2) is 31.3 Å². The Morgan fingerprint density at radius 3 is 2.38 bits per heavy atom. The topological polar surface area (TPSA) is 63.6 Å². The molecule has 1 aliphatic heterocycles. The van der Waals surface area contributed by atoms with Gasteiger partial charge in [0.15, 0.2) is 5.84 Å². The minimum absolute atomic E-state index is 0.0226. The Balaban J connectivity index is 2.52. The van der Waals surface area contributed by atoms with Crippen LogP contribution in [0.3, 0.4) is 0 Å². The minimum atomic E-state index is -0.965. The summed E-state index contributed by atoms with van der Waals surface area (Å²) in [7, 11) is -0.965. The van der Waals surface area contributed by atoms with Crippen LogP contribution in [0.2, 0.25) is 13.1 Å². The molecule has 1 N–H and O–H groups in total. The van der Waals surface area contributed by atoms with Crippen LogP contribution in [0.1, 0.15) is 52.8 Å². The molecule has 0 spiro atoms. The van der Waals surface area contributed by atoms with Gasteiger partial charge in [0, 0.05) is 6.20 Å². The molecule has 0 fully saturated rings. The molecular formula is C18H28N3O2Si. The van der Waals surface area contributed by atoms with Gasteiger partial charge < -0.3 is 9.74 Å². The first kappa shape index (κ1) is 18.6. The molecule has 1 aromatic rings. The largest absolute Gasteiger partial charge is 0.541 e. The van der Waals surface area contributed by atoms with Gasteiger partial charge in [-0.3, -0.25) is 4.79 Å². The summed E-state index contributed by atoms with van der Waals surface area (Å²) >= 11 is 0. The number of carbonyl (C=O) groups is 1. The van der Waals surface area contributed by atoms with Crippen LogP contribution in [-0.2, 0) is 10.2 Å². The van der Waals surface area contributed by atoms with Crippen molar-refractivity contribution >= 4 is 20.8 Å². The molecule has 1 aromatic heterocycles. The summed E-state index contributed by atoms with van der Waals surface area (Å²) in [5.74, 6) is 1.23. The molecule has 24 heavy (non-hydrogen) atoms. The highest BCUT2D eigenvalue weighted by Gasteiger charge is 2.43. The van der Waals surface area contributed by atoms with Gasteiger partial charge in [-0.25, -0.2) is 9.98 Å².